The van der Waals surface area contributed by atoms with Gasteiger partial charge >= 0.3 is 0 Å². The number of rotatable bonds is 0. The van der Waals surface area contributed by atoms with Gasteiger partial charge < -0.3 is 4.74 Å². The van der Waals surface area contributed by atoms with Crippen molar-refractivity contribution in [2.75, 3.05) is 6.61 Å². The first-order valence-electron chi connectivity index (χ1n) is 2.97. The minimum absolute atomic E-state index is 0.0845. The molecule has 0 saturated heterocycles. The zero-order valence-corrected chi connectivity index (χ0v) is 5.85. The van der Waals surface area contributed by atoms with Crippen molar-refractivity contribution in [2.24, 2.45) is 10.4 Å². The van der Waals surface area contributed by atoms with E-state index in [1.165, 1.54) is 0 Å². The third kappa shape index (κ3) is 1.56. The predicted molar refractivity (Wildman–Crippen MR) is 37.4 cm³/mol. The highest BCUT2D eigenvalue weighted by molar-refractivity contribution is 5.66. The van der Waals surface area contributed by atoms with Crippen LogP contribution in [-0.4, -0.2) is 12.8 Å². The largest absolute Gasteiger partial charge is 0.477 e. The Morgan fingerprint density at radius 2 is 2.44 bits per heavy atom. The average molecular weight is 125 g/mol. The number of ether oxygens (including phenoxy) is 1. The molecule has 0 spiro atoms. The van der Waals surface area contributed by atoms with E-state index in [1.807, 2.05) is 6.21 Å². The van der Waals surface area contributed by atoms with Gasteiger partial charge in [-0.1, -0.05) is 13.8 Å². The molecule has 0 aromatic rings. The Labute approximate surface area is 55.2 Å². The predicted octanol–water partition coefficient (Wildman–Crippen LogP) is 1.58. The summed E-state index contributed by atoms with van der Waals surface area (Å²) in [5, 5.41) is 0. The van der Waals surface area contributed by atoms with Gasteiger partial charge in [0.1, 0.15) is 0 Å². The minimum Gasteiger partial charge on any atom is -0.477 e. The van der Waals surface area contributed by atoms with Crippen molar-refractivity contribution in [2.45, 2.75) is 13.8 Å². The third-order valence-electron chi connectivity index (χ3n) is 1.17. The van der Waals surface area contributed by atoms with E-state index in [0.717, 1.165) is 0 Å². The number of hydrogen-bond donors (Lipinski definition) is 0. The monoisotopic (exact) mass is 125 g/mol. The average Bonchev–Trinajstić information content (AvgIpc) is 1.78. The summed E-state index contributed by atoms with van der Waals surface area (Å²) in [6, 6.07) is 0. The minimum atomic E-state index is 0.0845. The van der Waals surface area contributed by atoms with Crippen LogP contribution in [0.2, 0.25) is 0 Å². The molecule has 0 aromatic carbocycles. The van der Waals surface area contributed by atoms with E-state index in [1.54, 1.807) is 0 Å². The molecule has 2 nitrogen and oxygen atoms in total. The molecule has 0 bridgehead atoms. The highest BCUT2D eigenvalue weighted by Crippen LogP contribution is 2.18. The van der Waals surface area contributed by atoms with E-state index in [-0.39, 0.29) is 5.41 Å². The summed E-state index contributed by atoms with van der Waals surface area (Å²) in [5.74, 6) is 0.523. The summed E-state index contributed by atoms with van der Waals surface area (Å²) in [7, 11) is 0. The molecule has 0 fully saturated rings. The molecule has 0 N–H and O–H groups in total. The fourth-order valence-electron chi connectivity index (χ4n) is 0.591. The lowest BCUT2D eigenvalue weighted by atomic mass is 9.96. The molecule has 1 aliphatic heterocycles. The van der Waals surface area contributed by atoms with Gasteiger partial charge in [-0.25, -0.2) is 4.99 Å². The van der Waals surface area contributed by atoms with Crippen LogP contribution in [0.4, 0.5) is 0 Å². The van der Waals surface area contributed by atoms with Gasteiger partial charge in [-0.15, -0.1) is 0 Å². The highest BCUT2D eigenvalue weighted by atomic mass is 16.5. The van der Waals surface area contributed by atoms with Gasteiger partial charge in [0.25, 0.3) is 0 Å². The van der Waals surface area contributed by atoms with Gasteiger partial charge in [0.05, 0.1) is 6.61 Å². The van der Waals surface area contributed by atoms with Crippen molar-refractivity contribution in [3.05, 3.63) is 12.5 Å². The lowest BCUT2D eigenvalue weighted by Crippen LogP contribution is -2.23. The second kappa shape index (κ2) is 1.87. The first kappa shape index (κ1) is 6.33. The Morgan fingerprint density at radius 1 is 1.78 bits per heavy atom. The van der Waals surface area contributed by atoms with Crippen LogP contribution in [0, 0.1) is 5.41 Å². The first-order valence-corrected chi connectivity index (χ1v) is 2.97. The lowest BCUT2D eigenvalue weighted by molar-refractivity contribution is 0.144. The summed E-state index contributed by atoms with van der Waals surface area (Å²) in [6.45, 7) is 8.39. The van der Waals surface area contributed by atoms with Crippen molar-refractivity contribution < 1.29 is 4.74 Å². The maximum Gasteiger partial charge on any atom is 0.205 e. The second-order valence-corrected chi connectivity index (χ2v) is 2.93. The topological polar surface area (TPSA) is 21.6 Å². The Bertz CT molecular complexity index is 158. The molecule has 0 atom stereocenters. The van der Waals surface area contributed by atoms with Gasteiger partial charge in [-0.3, -0.25) is 0 Å². The molecule has 0 radical (unpaired) electrons. The first-order chi connectivity index (χ1) is 4.10. The maximum absolute atomic E-state index is 5.10. The van der Waals surface area contributed by atoms with Crippen molar-refractivity contribution in [3.63, 3.8) is 0 Å². The SMILES string of the molecule is C=C1N=CC(C)(C)CO1. The molecular weight excluding hydrogens is 114 g/mol. The van der Waals surface area contributed by atoms with Crippen LogP contribution < -0.4 is 0 Å². The summed E-state index contributed by atoms with van der Waals surface area (Å²) >= 11 is 0. The Hall–Kier alpha value is -0.790. The number of aliphatic imine (C=N–C) groups is 1. The standard InChI is InChI=1S/C7H11NO/c1-6-8-4-7(2,3)5-9-6/h4H,1,5H2,2-3H3. The van der Waals surface area contributed by atoms with Crippen LogP contribution in [0.25, 0.3) is 0 Å². The molecule has 9 heavy (non-hydrogen) atoms. The van der Waals surface area contributed by atoms with Crippen LogP contribution in [0.15, 0.2) is 17.5 Å². The van der Waals surface area contributed by atoms with E-state index >= 15 is 0 Å². The van der Waals surface area contributed by atoms with E-state index in [0.29, 0.717) is 12.5 Å². The van der Waals surface area contributed by atoms with E-state index in [2.05, 4.69) is 25.4 Å². The molecule has 1 aliphatic rings. The molecule has 0 aliphatic carbocycles. The third-order valence-corrected chi connectivity index (χ3v) is 1.17. The smallest absolute Gasteiger partial charge is 0.205 e. The fourth-order valence-corrected chi connectivity index (χ4v) is 0.591. The summed E-state index contributed by atoms with van der Waals surface area (Å²) in [5.41, 5.74) is 0.0845. The molecule has 1 heterocycles. The Morgan fingerprint density at radius 3 is 2.78 bits per heavy atom. The number of hydrogen-bond acceptors (Lipinski definition) is 2. The van der Waals surface area contributed by atoms with Crippen molar-refractivity contribution in [1.29, 1.82) is 0 Å². The quantitative estimate of drug-likeness (QED) is 0.481. The lowest BCUT2D eigenvalue weighted by Gasteiger charge is -2.23. The molecule has 0 saturated carbocycles. The van der Waals surface area contributed by atoms with Crippen LogP contribution in [0.1, 0.15) is 13.8 Å². The zero-order valence-electron chi connectivity index (χ0n) is 5.85. The fraction of sp³-hybridized carbons (Fsp3) is 0.571. The van der Waals surface area contributed by atoms with Crippen LogP contribution in [-0.2, 0) is 4.74 Å². The molecule has 0 aromatic heterocycles. The van der Waals surface area contributed by atoms with E-state index in [9.17, 15) is 0 Å². The van der Waals surface area contributed by atoms with Crippen LogP contribution >= 0.6 is 0 Å². The number of nitrogens with zero attached hydrogens (tertiary/aromatic N) is 1. The van der Waals surface area contributed by atoms with Crippen LogP contribution in [0.3, 0.4) is 0 Å². The highest BCUT2D eigenvalue weighted by Gasteiger charge is 2.19. The van der Waals surface area contributed by atoms with Crippen molar-refractivity contribution in [1.82, 2.24) is 0 Å². The molecule has 0 amide bonds. The van der Waals surface area contributed by atoms with Gasteiger partial charge in [0, 0.05) is 11.6 Å². The van der Waals surface area contributed by atoms with Crippen LogP contribution in [0.5, 0.6) is 0 Å². The Kier molecular flexibility index (Phi) is 1.31. The van der Waals surface area contributed by atoms with E-state index in [4.69, 9.17) is 4.74 Å². The molecule has 1 rings (SSSR count). The Balaban J connectivity index is 2.69. The van der Waals surface area contributed by atoms with Gasteiger partial charge in [0.15, 0.2) is 0 Å². The molecular formula is C7H11NO. The van der Waals surface area contributed by atoms with Gasteiger partial charge in [-0.2, -0.15) is 0 Å². The maximum atomic E-state index is 5.10. The molecule has 50 valence electrons. The van der Waals surface area contributed by atoms with E-state index < -0.39 is 0 Å². The van der Waals surface area contributed by atoms with Crippen molar-refractivity contribution >= 4 is 6.21 Å². The molecule has 2 heteroatoms. The van der Waals surface area contributed by atoms with Crippen molar-refractivity contribution in [3.8, 4) is 0 Å². The molecule has 0 unspecified atom stereocenters. The summed E-state index contributed by atoms with van der Waals surface area (Å²) in [4.78, 5) is 3.94. The van der Waals surface area contributed by atoms with Gasteiger partial charge in [-0.05, 0) is 6.58 Å². The summed E-state index contributed by atoms with van der Waals surface area (Å²) < 4.78 is 5.10. The van der Waals surface area contributed by atoms with Gasteiger partial charge in [0.2, 0.25) is 5.88 Å². The second-order valence-electron chi connectivity index (χ2n) is 2.93. The summed E-state index contributed by atoms with van der Waals surface area (Å²) in [6.07, 6.45) is 1.87. The normalized spacial score (nSPS) is 23.6. The zero-order chi connectivity index (χ0) is 6.91.